The molecule has 2 aromatic rings. The van der Waals surface area contributed by atoms with Gasteiger partial charge in [0.15, 0.2) is 0 Å². The number of anilines is 1. The van der Waals surface area contributed by atoms with Crippen molar-refractivity contribution in [3.63, 3.8) is 0 Å². The Hall–Kier alpha value is -2.11. The van der Waals surface area contributed by atoms with Gasteiger partial charge in [-0.2, -0.15) is 4.39 Å². The van der Waals surface area contributed by atoms with Crippen molar-refractivity contribution in [2.75, 3.05) is 11.4 Å². The van der Waals surface area contributed by atoms with Crippen LogP contribution in [0.1, 0.15) is 12.5 Å². The molecule has 2 aromatic heterocycles. The number of pyridine rings is 1. The van der Waals surface area contributed by atoms with Gasteiger partial charge in [-0.05, 0) is 18.6 Å². The molecule has 0 saturated carbocycles. The third kappa shape index (κ3) is 2.72. The highest BCUT2D eigenvalue weighted by Gasteiger charge is 2.08. The van der Waals surface area contributed by atoms with E-state index in [2.05, 4.69) is 14.4 Å². The molecule has 5 nitrogen and oxygen atoms in total. The first-order chi connectivity index (χ1) is 8.19. The first-order valence-corrected chi connectivity index (χ1v) is 5.22. The topological polar surface area (TPSA) is 62.1 Å². The van der Waals surface area contributed by atoms with Gasteiger partial charge in [-0.25, -0.2) is 9.78 Å². The number of halogens is 1. The molecule has 0 spiro atoms. The highest BCUT2D eigenvalue weighted by atomic mass is 19.1. The highest BCUT2D eigenvalue weighted by Crippen LogP contribution is 2.12. The van der Waals surface area contributed by atoms with Crippen LogP contribution < -0.4 is 10.7 Å². The Bertz CT molecular complexity index is 532. The van der Waals surface area contributed by atoms with E-state index in [-0.39, 0.29) is 0 Å². The molecule has 0 aromatic carbocycles. The second kappa shape index (κ2) is 4.82. The lowest BCUT2D eigenvalue weighted by molar-refractivity contribution is 0.515. The summed E-state index contributed by atoms with van der Waals surface area (Å²) in [7, 11) is 0. The number of oxazole rings is 1. The van der Waals surface area contributed by atoms with E-state index in [1.165, 1.54) is 18.5 Å². The Morgan fingerprint density at radius 3 is 2.88 bits per heavy atom. The summed E-state index contributed by atoms with van der Waals surface area (Å²) in [4.78, 5) is 18.9. The smallest absolute Gasteiger partial charge is 0.414 e. The maximum absolute atomic E-state index is 12.6. The molecular weight excluding hydrogens is 225 g/mol. The van der Waals surface area contributed by atoms with Crippen LogP contribution in [0.15, 0.2) is 33.8 Å². The van der Waals surface area contributed by atoms with E-state index < -0.39 is 11.7 Å². The van der Waals surface area contributed by atoms with Gasteiger partial charge >= 0.3 is 5.76 Å². The van der Waals surface area contributed by atoms with Crippen LogP contribution >= 0.6 is 0 Å². The maximum Gasteiger partial charge on any atom is 0.417 e. The van der Waals surface area contributed by atoms with Gasteiger partial charge in [-0.15, -0.1) is 0 Å². The summed E-state index contributed by atoms with van der Waals surface area (Å²) in [6, 6.07) is 2.96. The second-order valence-electron chi connectivity index (χ2n) is 3.54. The summed E-state index contributed by atoms with van der Waals surface area (Å²) in [5, 5.41) is 0. The van der Waals surface area contributed by atoms with Crippen LogP contribution in [0, 0.1) is 5.95 Å². The van der Waals surface area contributed by atoms with Crippen molar-refractivity contribution in [2.45, 2.75) is 13.5 Å². The fourth-order valence-electron chi connectivity index (χ4n) is 1.51. The number of nitrogens with zero attached hydrogens (tertiary/aromatic N) is 2. The molecule has 0 amide bonds. The van der Waals surface area contributed by atoms with Crippen molar-refractivity contribution in [1.82, 2.24) is 9.97 Å². The lowest BCUT2D eigenvalue weighted by Gasteiger charge is -2.19. The fraction of sp³-hybridized carbons (Fsp3) is 0.273. The van der Waals surface area contributed by atoms with Crippen molar-refractivity contribution in [2.24, 2.45) is 0 Å². The Morgan fingerprint density at radius 1 is 1.53 bits per heavy atom. The number of nitrogens with one attached hydrogen (secondary N) is 1. The molecule has 90 valence electrons. The first kappa shape index (κ1) is 11.4. The van der Waals surface area contributed by atoms with E-state index in [0.29, 0.717) is 18.9 Å². The third-order valence-electron chi connectivity index (χ3n) is 2.39. The van der Waals surface area contributed by atoms with Crippen LogP contribution in [-0.4, -0.2) is 16.5 Å². The van der Waals surface area contributed by atoms with Crippen LogP contribution in [-0.2, 0) is 6.54 Å². The van der Waals surface area contributed by atoms with E-state index in [1.54, 1.807) is 6.07 Å². The van der Waals surface area contributed by atoms with Crippen molar-refractivity contribution < 1.29 is 8.81 Å². The zero-order valence-electron chi connectivity index (χ0n) is 9.31. The Kier molecular flexibility index (Phi) is 3.22. The van der Waals surface area contributed by atoms with Crippen LogP contribution in [0.5, 0.6) is 0 Å². The summed E-state index contributed by atoms with van der Waals surface area (Å²) in [6.07, 6.45) is 2.83. The molecular formula is C11H12FN3O2. The molecule has 0 aliphatic heterocycles. The average Bonchev–Trinajstić information content (AvgIpc) is 2.75. The minimum atomic E-state index is -0.506. The summed E-state index contributed by atoms with van der Waals surface area (Å²) < 4.78 is 17.3. The van der Waals surface area contributed by atoms with Gasteiger partial charge < -0.3 is 9.32 Å². The summed E-state index contributed by atoms with van der Waals surface area (Å²) in [5.41, 5.74) is 0.857. The second-order valence-corrected chi connectivity index (χ2v) is 3.54. The average molecular weight is 237 g/mol. The molecule has 17 heavy (non-hydrogen) atoms. The molecule has 6 heteroatoms. The Balaban J connectivity index is 2.15. The normalized spacial score (nSPS) is 10.5. The molecule has 0 unspecified atom stereocenters. The number of H-pyrrole nitrogens is 1. The van der Waals surface area contributed by atoms with E-state index in [9.17, 15) is 9.18 Å². The van der Waals surface area contributed by atoms with E-state index in [1.807, 2.05) is 11.8 Å². The maximum atomic E-state index is 12.6. The van der Waals surface area contributed by atoms with Gasteiger partial charge in [0, 0.05) is 19.3 Å². The Labute approximate surface area is 96.9 Å². The van der Waals surface area contributed by atoms with E-state index in [4.69, 9.17) is 0 Å². The quantitative estimate of drug-likeness (QED) is 0.819. The third-order valence-corrected chi connectivity index (χ3v) is 2.39. The number of aromatic nitrogens is 2. The molecule has 0 aliphatic carbocycles. The molecule has 2 heterocycles. The number of hydrogen-bond donors (Lipinski definition) is 1. The molecule has 0 bridgehead atoms. The molecule has 0 saturated heterocycles. The minimum absolute atomic E-state index is 0.490. The van der Waals surface area contributed by atoms with Crippen molar-refractivity contribution in [3.8, 4) is 0 Å². The van der Waals surface area contributed by atoms with E-state index in [0.717, 1.165) is 5.56 Å². The zero-order chi connectivity index (χ0) is 12.3. The number of rotatable bonds is 4. The SMILES string of the molecule is CCN(Cc1ccc(F)nc1)c1coc(=O)[nH]1. The first-order valence-electron chi connectivity index (χ1n) is 5.22. The van der Waals surface area contributed by atoms with Crippen molar-refractivity contribution in [3.05, 3.63) is 46.7 Å². The minimum Gasteiger partial charge on any atom is -0.414 e. The van der Waals surface area contributed by atoms with E-state index >= 15 is 0 Å². The molecule has 0 aliphatic rings. The van der Waals surface area contributed by atoms with Crippen LogP contribution in [0.3, 0.4) is 0 Å². The number of hydrogen-bond acceptors (Lipinski definition) is 4. The molecule has 1 N–H and O–H groups in total. The monoisotopic (exact) mass is 237 g/mol. The van der Waals surface area contributed by atoms with Gasteiger partial charge in [-0.3, -0.25) is 4.98 Å². The lowest BCUT2D eigenvalue weighted by atomic mass is 10.2. The zero-order valence-corrected chi connectivity index (χ0v) is 9.31. The lowest BCUT2D eigenvalue weighted by Crippen LogP contribution is -2.23. The molecule has 0 atom stereocenters. The Morgan fingerprint density at radius 2 is 2.35 bits per heavy atom. The van der Waals surface area contributed by atoms with Gasteiger partial charge in [0.2, 0.25) is 5.95 Å². The molecule has 0 fully saturated rings. The highest BCUT2D eigenvalue weighted by molar-refractivity contribution is 5.35. The predicted octanol–water partition coefficient (Wildman–Crippen LogP) is 1.53. The standard InChI is InChI=1S/C11H12FN3O2/c1-2-15(10-7-17-11(16)14-10)6-8-3-4-9(12)13-5-8/h3-5,7H,2,6H2,1H3,(H,14,16). The van der Waals surface area contributed by atoms with Gasteiger partial charge in [0.1, 0.15) is 12.1 Å². The molecule has 2 rings (SSSR count). The van der Waals surface area contributed by atoms with Crippen LogP contribution in [0.4, 0.5) is 10.2 Å². The fourth-order valence-corrected chi connectivity index (χ4v) is 1.51. The van der Waals surface area contributed by atoms with Crippen LogP contribution in [0.25, 0.3) is 0 Å². The van der Waals surface area contributed by atoms with Gasteiger partial charge in [0.25, 0.3) is 0 Å². The van der Waals surface area contributed by atoms with Crippen LogP contribution in [0.2, 0.25) is 0 Å². The number of aromatic amines is 1. The van der Waals surface area contributed by atoms with Crippen molar-refractivity contribution >= 4 is 5.82 Å². The summed E-state index contributed by atoms with van der Waals surface area (Å²) >= 11 is 0. The van der Waals surface area contributed by atoms with Gasteiger partial charge in [0.05, 0.1) is 0 Å². The van der Waals surface area contributed by atoms with Crippen molar-refractivity contribution in [1.29, 1.82) is 0 Å². The summed E-state index contributed by atoms with van der Waals surface area (Å²) in [6.45, 7) is 3.16. The largest absolute Gasteiger partial charge is 0.417 e. The van der Waals surface area contributed by atoms with Gasteiger partial charge in [-0.1, -0.05) is 6.07 Å². The predicted molar refractivity (Wildman–Crippen MR) is 60.2 cm³/mol. The summed E-state index contributed by atoms with van der Waals surface area (Å²) in [5.74, 6) is -0.397. The molecule has 0 radical (unpaired) electrons.